The molecule has 156 valence electrons. The van der Waals surface area contributed by atoms with Gasteiger partial charge in [0.1, 0.15) is 11.9 Å². The highest BCUT2D eigenvalue weighted by molar-refractivity contribution is 5.28. The Bertz CT molecular complexity index is 811. The molecular weight excluding hydrogens is 363 g/mol. The Morgan fingerprint density at radius 3 is 2.45 bits per heavy atom. The third-order valence-corrected chi connectivity index (χ3v) is 7.18. The van der Waals surface area contributed by atoms with E-state index in [2.05, 4.69) is 48.3 Å². The van der Waals surface area contributed by atoms with Crippen molar-refractivity contribution in [1.82, 2.24) is 10.2 Å². The van der Waals surface area contributed by atoms with Gasteiger partial charge in [-0.3, -0.25) is 4.90 Å². The Kier molecular flexibility index (Phi) is 5.67. The number of nitrogens with one attached hydrogen (secondary N) is 1. The van der Waals surface area contributed by atoms with E-state index < -0.39 is 11.7 Å². The molecule has 3 nitrogen and oxygen atoms in total. The second-order valence-corrected chi connectivity index (χ2v) is 9.22. The van der Waals surface area contributed by atoms with Crippen LogP contribution < -0.4 is 10.1 Å². The molecule has 29 heavy (non-hydrogen) atoms. The lowest BCUT2D eigenvalue weighted by atomic mass is 9.66. The van der Waals surface area contributed by atoms with E-state index in [-0.39, 0.29) is 11.6 Å². The molecule has 2 heterocycles. The monoisotopic (exact) mass is 396 g/mol. The number of methoxy groups -OCH3 is 1. The summed E-state index contributed by atoms with van der Waals surface area (Å²) in [5, 5.41) is 3.55. The molecule has 0 amide bonds. The van der Waals surface area contributed by atoms with Crippen molar-refractivity contribution in [3.63, 3.8) is 0 Å². The Balaban J connectivity index is 1.53. The van der Waals surface area contributed by atoms with Crippen molar-refractivity contribution in [2.45, 2.75) is 75.9 Å². The van der Waals surface area contributed by atoms with E-state index in [1.165, 1.54) is 11.1 Å². The smallest absolute Gasteiger partial charge is 0.133 e. The van der Waals surface area contributed by atoms with Gasteiger partial charge in [0.25, 0.3) is 0 Å². The van der Waals surface area contributed by atoms with Crippen molar-refractivity contribution in [3.8, 4) is 5.75 Å². The molecule has 2 aromatic rings. The number of hydrogen-bond donors (Lipinski definition) is 1. The second kappa shape index (κ2) is 8.08. The van der Waals surface area contributed by atoms with Gasteiger partial charge in [-0.15, -0.1) is 0 Å². The van der Waals surface area contributed by atoms with Crippen molar-refractivity contribution < 1.29 is 9.13 Å². The minimum atomic E-state index is -0.891. The van der Waals surface area contributed by atoms with Crippen molar-refractivity contribution in [2.75, 3.05) is 7.11 Å². The topological polar surface area (TPSA) is 24.5 Å². The number of alkyl halides is 1. The van der Waals surface area contributed by atoms with Crippen LogP contribution in [0.4, 0.5) is 4.39 Å². The highest BCUT2D eigenvalue weighted by atomic mass is 19.1. The van der Waals surface area contributed by atoms with Crippen LogP contribution in [0.2, 0.25) is 0 Å². The SMILES string of the molecule is COc1ccc(CN2[C@@]3(C)CCC[C@]2(C)[C@@H](F)[C@@H](NCc2ccccc2)C3)cc1. The van der Waals surface area contributed by atoms with Gasteiger partial charge in [-0.1, -0.05) is 42.5 Å². The van der Waals surface area contributed by atoms with Gasteiger partial charge in [-0.2, -0.15) is 0 Å². The summed E-state index contributed by atoms with van der Waals surface area (Å²) in [6.07, 6.45) is 3.07. The van der Waals surface area contributed by atoms with E-state index >= 15 is 4.39 Å². The molecule has 2 aromatic carbocycles. The molecule has 2 fully saturated rings. The van der Waals surface area contributed by atoms with E-state index in [0.29, 0.717) is 0 Å². The average Bonchev–Trinajstić information content (AvgIpc) is 2.74. The maximum absolute atomic E-state index is 15.9. The predicted molar refractivity (Wildman–Crippen MR) is 116 cm³/mol. The van der Waals surface area contributed by atoms with Gasteiger partial charge in [-0.05, 0) is 62.8 Å². The van der Waals surface area contributed by atoms with Crippen LogP contribution in [0.3, 0.4) is 0 Å². The van der Waals surface area contributed by atoms with E-state index in [1.807, 2.05) is 30.3 Å². The van der Waals surface area contributed by atoms with E-state index in [4.69, 9.17) is 4.74 Å². The fourth-order valence-electron chi connectivity index (χ4n) is 5.53. The third-order valence-electron chi connectivity index (χ3n) is 7.18. The van der Waals surface area contributed by atoms with Gasteiger partial charge < -0.3 is 10.1 Å². The number of ether oxygens (including phenoxy) is 1. The molecule has 2 aliphatic rings. The minimum absolute atomic E-state index is 0.00384. The number of benzene rings is 2. The molecule has 2 bridgehead atoms. The van der Waals surface area contributed by atoms with Crippen LogP contribution in [-0.2, 0) is 13.1 Å². The lowest BCUT2D eigenvalue weighted by Gasteiger charge is -2.62. The molecule has 0 radical (unpaired) electrons. The molecular formula is C25H33FN2O. The van der Waals surface area contributed by atoms with E-state index in [1.54, 1.807) is 7.11 Å². The van der Waals surface area contributed by atoms with Crippen molar-refractivity contribution >= 4 is 0 Å². The molecule has 0 saturated carbocycles. The number of fused-ring (bicyclic) bond motifs is 2. The predicted octanol–water partition coefficient (Wildman–Crippen LogP) is 5.10. The maximum Gasteiger partial charge on any atom is 0.133 e. The number of rotatable bonds is 6. The summed E-state index contributed by atoms with van der Waals surface area (Å²) in [4.78, 5) is 2.46. The molecule has 0 aliphatic carbocycles. The summed E-state index contributed by atoms with van der Waals surface area (Å²) in [6, 6.07) is 18.4. The molecule has 0 spiro atoms. The van der Waals surface area contributed by atoms with Crippen LogP contribution >= 0.6 is 0 Å². The van der Waals surface area contributed by atoms with Gasteiger partial charge in [0.2, 0.25) is 0 Å². The van der Waals surface area contributed by atoms with Crippen molar-refractivity contribution in [3.05, 3.63) is 65.7 Å². The molecule has 4 atom stereocenters. The highest BCUT2D eigenvalue weighted by Gasteiger charge is 2.57. The van der Waals surface area contributed by atoms with Gasteiger partial charge in [0.05, 0.1) is 12.6 Å². The Morgan fingerprint density at radius 2 is 1.76 bits per heavy atom. The zero-order valence-corrected chi connectivity index (χ0v) is 17.8. The Morgan fingerprint density at radius 1 is 1.03 bits per heavy atom. The first-order chi connectivity index (χ1) is 13.9. The van der Waals surface area contributed by atoms with Crippen LogP contribution in [0.25, 0.3) is 0 Å². The van der Waals surface area contributed by atoms with E-state index in [9.17, 15) is 0 Å². The normalized spacial score (nSPS) is 32.1. The zero-order valence-electron chi connectivity index (χ0n) is 17.8. The number of hydrogen-bond acceptors (Lipinski definition) is 3. The fraction of sp³-hybridized carbons (Fsp3) is 0.520. The quantitative estimate of drug-likeness (QED) is 0.735. The molecule has 2 aliphatic heterocycles. The van der Waals surface area contributed by atoms with Gasteiger partial charge in [-0.25, -0.2) is 4.39 Å². The summed E-state index contributed by atoms with van der Waals surface area (Å²) in [5.74, 6) is 0.860. The van der Waals surface area contributed by atoms with E-state index in [0.717, 1.165) is 44.5 Å². The summed E-state index contributed by atoms with van der Waals surface area (Å²) in [7, 11) is 1.68. The zero-order chi connectivity index (χ0) is 20.5. The lowest BCUT2D eigenvalue weighted by Crippen LogP contribution is -2.73. The minimum Gasteiger partial charge on any atom is -0.497 e. The Labute approximate surface area is 174 Å². The molecule has 0 unspecified atom stereocenters. The maximum atomic E-state index is 15.9. The summed E-state index contributed by atoms with van der Waals surface area (Å²) < 4.78 is 21.2. The van der Waals surface area contributed by atoms with Crippen LogP contribution in [0, 0.1) is 0 Å². The molecule has 4 rings (SSSR count). The number of nitrogens with zero attached hydrogens (tertiary/aromatic N) is 1. The molecule has 1 N–H and O–H groups in total. The second-order valence-electron chi connectivity index (χ2n) is 9.22. The standard InChI is InChI=1S/C25H33FN2O/c1-24-14-7-15-25(2,28(24)18-20-10-12-21(29-3)13-11-20)23(26)22(16-24)27-17-19-8-5-4-6-9-19/h4-6,8-13,22-23,27H,7,14-18H2,1-3H3/t22-,23-,24-,25+/m0/s1. The van der Waals surface area contributed by atoms with Gasteiger partial charge in [0, 0.05) is 24.7 Å². The first kappa shape index (κ1) is 20.4. The Hall–Kier alpha value is -1.91. The molecule has 2 saturated heterocycles. The number of halogens is 1. The van der Waals surface area contributed by atoms with Crippen molar-refractivity contribution in [1.29, 1.82) is 0 Å². The van der Waals surface area contributed by atoms with Gasteiger partial charge >= 0.3 is 0 Å². The average molecular weight is 397 g/mol. The van der Waals surface area contributed by atoms with Crippen molar-refractivity contribution in [2.24, 2.45) is 0 Å². The third kappa shape index (κ3) is 3.93. The first-order valence-electron chi connectivity index (χ1n) is 10.8. The lowest BCUT2D eigenvalue weighted by molar-refractivity contribution is -0.143. The van der Waals surface area contributed by atoms with Crippen LogP contribution in [0.15, 0.2) is 54.6 Å². The highest BCUT2D eigenvalue weighted by Crippen LogP contribution is 2.50. The first-order valence-corrected chi connectivity index (χ1v) is 10.8. The van der Waals surface area contributed by atoms with Crippen LogP contribution in [-0.4, -0.2) is 35.3 Å². The van der Waals surface area contributed by atoms with Crippen LogP contribution in [0.1, 0.15) is 50.7 Å². The largest absolute Gasteiger partial charge is 0.497 e. The fourth-order valence-corrected chi connectivity index (χ4v) is 5.53. The summed E-state index contributed by atoms with van der Waals surface area (Å²) in [6.45, 7) is 5.96. The summed E-state index contributed by atoms with van der Waals surface area (Å²) in [5.41, 5.74) is 1.98. The van der Waals surface area contributed by atoms with Crippen LogP contribution in [0.5, 0.6) is 5.75 Å². The molecule has 4 heteroatoms. The number of piperidine rings is 2. The van der Waals surface area contributed by atoms with Gasteiger partial charge in [0.15, 0.2) is 0 Å². The summed E-state index contributed by atoms with van der Waals surface area (Å²) >= 11 is 0. The molecule has 0 aromatic heterocycles.